The van der Waals surface area contributed by atoms with E-state index in [0.29, 0.717) is 57.9 Å². The van der Waals surface area contributed by atoms with E-state index in [1.807, 2.05) is 125 Å². The number of sulfonamides is 1. The maximum atomic E-state index is 11.7. The molecular formula is C48H42CuN14Na2O9S3. The van der Waals surface area contributed by atoms with Gasteiger partial charge in [-0.25, -0.2) is 36.3 Å². The van der Waals surface area contributed by atoms with Crippen molar-refractivity contribution in [2.75, 3.05) is 30.0 Å². The molecule has 8 bridgehead atoms. The van der Waals surface area contributed by atoms with Gasteiger partial charge < -0.3 is 50.3 Å². The first-order chi connectivity index (χ1) is 35.8. The Morgan fingerprint density at radius 3 is 1.40 bits per heavy atom. The van der Waals surface area contributed by atoms with Crippen LogP contribution in [-0.2, 0) is 46.6 Å². The third-order valence-electron chi connectivity index (χ3n) is 10.4. The van der Waals surface area contributed by atoms with Gasteiger partial charge in [-0.3, -0.25) is 10.0 Å². The number of nitrogens with zero attached hydrogens (tertiary/aromatic N) is 10. The number of H-pyrrole nitrogens is 1. The van der Waals surface area contributed by atoms with Crippen molar-refractivity contribution in [3.8, 4) is 45.6 Å². The average molecular weight is 1160 g/mol. The Labute approximate surface area is 499 Å². The topological polar surface area (TPSA) is 333 Å². The van der Waals surface area contributed by atoms with E-state index in [4.69, 9.17) is 39.9 Å². The van der Waals surface area contributed by atoms with E-state index >= 15 is 0 Å². The fraction of sp³-hybridized carbons (Fsp3) is 0.146. The maximum Gasteiger partial charge on any atom is 2.00 e. The first-order valence-electron chi connectivity index (χ1n) is 22.5. The molecule has 0 unspecified atom stereocenters. The van der Waals surface area contributed by atoms with Crippen molar-refractivity contribution >= 4 is 93.9 Å². The van der Waals surface area contributed by atoms with Gasteiger partial charge in [-0.15, -0.1) is 0 Å². The quantitative estimate of drug-likeness (QED) is 0.0335. The van der Waals surface area contributed by atoms with Crippen LogP contribution in [0, 0.1) is 0 Å². The summed E-state index contributed by atoms with van der Waals surface area (Å²) < 4.78 is 62.2. The van der Waals surface area contributed by atoms with Crippen molar-refractivity contribution in [1.29, 1.82) is 0 Å². The van der Waals surface area contributed by atoms with Gasteiger partial charge in [-0.1, -0.05) is 125 Å². The van der Waals surface area contributed by atoms with Gasteiger partial charge in [0, 0.05) is 57.9 Å². The maximum absolute atomic E-state index is 11.7. The Hall–Kier alpha value is -5.56. The second-order valence-electron chi connectivity index (χ2n) is 15.0. The number of benzene rings is 5. The molecule has 9 aromatic rings. The molecular weight excluding hydrogens is 1120 g/mol. The molecule has 4 aromatic heterocycles. The molecule has 77 heavy (non-hydrogen) atoms. The van der Waals surface area contributed by atoms with Crippen LogP contribution in [0.3, 0.4) is 0 Å². The molecule has 0 fully saturated rings. The molecule has 0 aliphatic carbocycles. The summed E-state index contributed by atoms with van der Waals surface area (Å²) in [6, 6.07) is 34.9. The van der Waals surface area contributed by atoms with Crippen molar-refractivity contribution in [3.05, 3.63) is 126 Å². The molecule has 0 spiro atoms. The smallest absolute Gasteiger partial charge is 0.744 e. The van der Waals surface area contributed by atoms with E-state index < -0.39 is 30.7 Å². The molecule has 29 heteroatoms. The van der Waals surface area contributed by atoms with Crippen LogP contribution in [0.2, 0.25) is 0 Å². The summed E-state index contributed by atoms with van der Waals surface area (Å²) in [4.78, 5) is 60.3. The Morgan fingerprint density at radius 1 is 0.597 bits per heavy atom. The van der Waals surface area contributed by atoms with Crippen LogP contribution in [0.4, 0.5) is 17.6 Å². The minimum absolute atomic E-state index is 0. The molecule has 11 rings (SSSR count). The Kier molecular flexibility index (Phi) is 22.5. The minimum Gasteiger partial charge on any atom is -0.744 e. The van der Waals surface area contributed by atoms with Crippen LogP contribution in [0.15, 0.2) is 130 Å². The second kappa shape index (κ2) is 27.8. The zero-order chi connectivity index (χ0) is 52.6. The molecule has 0 saturated carbocycles. The van der Waals surface area contributed by atoms with Gasteiger partial charge in [-0.2, -0.15) is 14.3 Å². The minimum atomic E-state index is -4.80. The largest absolute Gasteiger partial charge is 2.00 e. The number of hydrogen-bond donors (Lipinski definition) is 4. The Morgan fingerprint density at radius 2 is 1.01 bits per heavy atom. The van der Waals surface area contributed by atoms with E-state index in [0.717, 1.165) is 68.3 Å². The molecule has 0 atom stereocenters. The van der Waals surface area contributed by atoms with Crippen molar-refractivity contribution in [3.63, 3.8) is 0 Å². The third kappa shape index (κ3) is 14.8. The standard InChI is InChI=1S/C32H16N8.C12H16N6O9S3.2C2H6.Cu.2Na/c1-2-10-18-17(9-1)25-33-26(18)38-28-21-13-5-6-14-22(21)30(35-28)40-32-24-16-8-7-15-23(24)31(36-32)39-29-20-12-4-3-11-19(20)27(34-29)37-25;1-29(21,22)14-5-4-13-10-16-11(18-12(19)17-10)15-8-6-7(30(23,24)25)2-3-9(8)28-27-26-20;2*1-2;;;/h1-16H;2-3,6,14,20H,4-5H2,1H3,(H,23,24,25)(H3,13,15,16,17,18,19);2*1-2H3;;;/q-2;;;;+2;2*+1/p-2. The monoisotopic (exact) mass is 1160 g/mol. The van der Waals surface area contributed by atoms with Crippen LogP contribution in [0.5, 0.6) is 0 Å². The molecule has 4 N–H and O–H groups in total. The van der Waals surface area contributed by atoms with Gasteiger partial charge in [0.25, 0.3) is 0 Å². The molecule has 6 heterocycles. The predicted octanol–water partition coefficient (Wildman–Crippen LogP) is 0.190. The van der Waals surface area contributed by atoms with Crippen molar-refractivity contribution in [2.24, 2.45) is 0 Å². The summed E-state index contributed by atoms with van der Waals surface area (Å²) >= 11 is 0.403. The van der Waals surface area contributed by atoms with Gasteiger partial charge in [-0.05, 0) is 39.7 Å². The van der Waals surface area contributed by atoms with Gasteiger partial charge in [0.1, 0.15) is 10.1 Å². The van der Waals surface area contributed by atoms with Crippen LogP contribution >= 0.6 is 12.0 Å². The van der Waals surface area contributed by atoms with Crippen LogP contribution in [0.1, 0.15) is 27.7 Å². The Balaban J connectivity index is 0.000000268. The van der Waals surface area contributed by atoms with Crippen molar-refractivity contribution in [1.82, 2.24) is 59.5 Å². The number of aromatic nitrogens is 11. The summed E-state index contributed by atoms with van der Waals surface area (Å²) in [7, 11) is -8.20. The number of rotatable bonds is 11. The third-order valence-corrected chi connectivity index (χ3v) is 12.6. The van der Waals surface area contributed by atoms with Crippen molar-refractivity contribution < 1.29 is 112 Å². The van der Waals surface area contributed by atoms with E-state index in [-0.39, 0.29) is 112 Å². The second-order valence-corrected chi connectivity index (χ2v) is 19.0. The molecule has 23 nitrogen and oxygen atoms in total. The Bertz CT molecular complexity index is 3710. The number of anilines is 3. The average Bonchev–Trinajstić information content (AvgIpc) is 4.15. The van der Waals surface area contributed by atoms with Gasteiger partial charge in [0.05, 0.1) is 57.1 Å². The number of fused-ring (bicyclic) bond motifs is 20. The number of nitrogens with one attached hydrogen (secondary N) is 4. The van der Waals surface area contributed by atoms with Gasteiger partial charge >= 0.3 is 81.9 Å². The molecule has 0 saturated heterocycles. The van der Waals surface area contributed by atoms with Crippen LogP contribution < -0.4 is 95.4 Å². The van der Waals surface area contributed by atoms with Crippen LogP contribution in [0.25, 0.3) is 89.7 Å². The first kappa shape index (κ1) is 62.3. The molecule has 2 aliphatic rings. The van der Waals surface area contributed by atoms with Gasteiger partial charge in [0.15, 0.2) is 0 Å². The summed E-state index contributed by atoms with van der Waals surface area (Å²) in [6.45, 7) is 8.05. The summed E-state index contributed by atoms with van der Waals surface area (Å²) in [5.74, 6) is 1.83. The number of aromatic amines is 1. The van der Waals surface area contributed by atoms with E-state index in [9.17, 15) is 31.4 Å². The van der Waals surface area contributed by atoms with E-state index in [1.165, 1.54) is 0 Å². The zero-order valence-corrected chi connectivity index (χ0v) is 49.4. The SMILES string of the molecule is CC.CC.CS(=O)(=O)NCCNc1nc(Nc2cc(S(=O)(=O)[O-])ccc2SOO[O-])[nH]c(=O)n1.[Cu+2].[Na+].[Na+].c1ccc2c(c1)-c1nc-2nc2[n-]c(nc3nc(nc4[n-]c(n1)c1ccccc41)-c1ccccc1-3)c1ccccc21. The zero-order valence-electron chi connectivity index (χ0n) is 42.1. The van der Waals surface area contributed by atoms with Gasteiger partial charge in [0.2, 0.25) is 21.9 Å². The first-order valence-corrected chi connectivity index (χ1v) is 26.6. The van der Waals surface area contributed by atoms with Crippen molar-refractivity contribution in [2.45, 2.75) is 37.5 Å². The van der Waals surface area contributed by atoms with E-state index in [2.05, 4.69) is 39.7 Å². The fourth-order valence-electron chi connectivity index (χ4n) is 7.40. The number of hydrogen-bond acceptors (Lipinski definition) is 20. The molecule has 389 valence electrons. The van der Waals surface area contributed by atoms with E-state index in [1.54, 1.807) is 0 Å². The summed E-state index contributed by atoms with van der Waals surface area (Å²) in [5, 5.41) is 22.0. The molecule has 5 aromatic carbocycles. The predicted molar refractivity (Wildman–Crippen MR) is 276 cm³/mol. The molecule has 2 aliphatic heterocycles. The molecule has 0 amide bonds. The summed E-state index contributed by atoms with van der Waals surface area (Å²) in [6.07, 6.45) is 0.978. The fourth-order valence-corrected chi connectivity index (χ4v) is 8.80. The summed E-state index contributed by atoms with van der Waals surface area (Å²) in [5.41, 5.74) is 4.88. The molecule has 1 radical (unpaired) electrons. The normalized spacial score (nSPS) is 11.1. The van der Waals surface area contributed by atoms with Crippen LogP contribution in [-0.4, -0.2) is 85.6 Å².